The number of carbonyl (C=O) groups excluding carboxylic acids is 2. The molecule has 0 saturated heterocycles. The van der Waals surface area contributed by atoms with Crippen molar-refractivity contribution in [1.29, 1.82) is 0 Å². The lowest BCUT2D eigenvalue weighted by molar-refractivity contribution is -0.141. The van der Waals surface area contributed by atoms with Crippen LogP contribution in [0.15, 0.2) is 6.07 Å². The smallest absolute Gasteiger partial charge is 0.433 e. The minimum Gasteiger partial charge on any atom is -0.481 e. The predicted octanol–water partition coefficient (Wildman–Crippen LogP) is 3.98. The first-order chi connectivity index (χ1) is 16.1. The van der Waals surface area contributed by atoms with Crippen molar-refractivity contribution < 1.29 is 37.3 Å². The van der Waals surface area contributed by atoms with E-state index in [0.29, 0.717) is 24.8 Å². The van der Waals surface area contributed by atoms with Gasteiger partial charge in [-0.25, -0.2) is 9.78 Å². The highest BCUT2D eigenvalue weighted by molar-refractivity contribution is 5.83. The number of aromatic nitrogens is 1. The van der Waals surface area contributed by atoms with Gasteiger partial charge in [-0.3, -0.25) is 4.79 Å². The van der Waals surface area contributed by atoms with Crippen LogP contribution in [0.3, 0.4) is 0 Å². The third kappa shape index (κ3) is 7.22. The summed E-state index contributed by atoms with van der Waals surface area (Å²) in [6.45, 7) is 8.71. The maximum atomic E-state index is 13.3. The molecule has 2 amide bonds. The molecule has 1 aromatic rings. The van der Waals surface area contributed by atoms with Crippen LogP contribution in [0.4, 0.5) is 18.0 Å². The standard InChI is InChI=1S/C24H36F3N3O5/c1-14(2)23(9-7-16(12-23)29-21(33)35-22(3,4)5)20(32)28-10-8-17-15(13-31)11-18(24(25,26)27)30-19(17)34-6/h11,14,16,31H,7-10,12-13H2,1-6H3,(H,28,32)(H,29,33)/t16-,23+/m1/s1. The Balaban J connectivity index is 2.09. The van der Waals surface area contributed by atoms with Crippen LogP contribution in [-0.4, -0.2) is 47.4 Å². The summed E-state index contributed by atoms with van der Waals surface area (Å²) >= 11 is 0. The second kappa shape index (κ2) is 11.0. The van der Waals surface area contributed by atoms with Gasteiger partial charge in [-0.2, -0.15) is 13.2 Å². The maximum Gasteiger partial charge on any atom is 0.433 e. The van der Waals surface area contributed by atoms with Gasteiger partial charge in [0.05, 0.1) is 19.1 Å². The van der Waals surface area contributed by atoms with E-state index in [1.165, 1.54) is 7.11 Å². The summed E-state index contributed by atoms with van der Waals surface area (Å²) in [7, 11) is 1.20. The molecule has 1 fully saturated rings. The summed E-state index contributed by atoms with van der Waals surface area (Å²) in [5, 5.41) is 15.3. The second-order valence-corrected chi connectivity index (χ2v) is 10.2. The van der Waals surface area contributed by atoms with Gasteiger partial charge in [-0.1, -0.05) is 13.8 Å². The quantitative estimate of drug-likeness (QED) is 0.495. The number of carbonyl (C=O) groups is 2. The van der Waals surface area contributed by atoms with E-state index in [9.17, 15) is 27.9 Å². The van der Waals surface area contributed by atoms with E-state index in [1.54, 1.807) is 20.8 Å². The van der Waals surface area contributed by atoms with Gasteiger partial charge in [-0.15, -0.1) is 0 Å². The molecule has 35 heavy (non-hydrogen) atoms. The topological polar surface area (TPSA) is 110 Å². The van der Waals surface area contributed by atoms with Gasteiger partial charge in [0.2, 0.25) is 11.8 Å². The zero-order chi connectivity index (χ0) is 26.6. The molecule has 1 heterocycles. The number of aliphatic hydroxyl groups is 1. The molecule has 0 aliphatic heterocycles. The number of nitrogens with one attached hydrogen (secondary N) is 2. The van der Waals surface area contributed by atoms with Gasteiger partial charge in [0.1, 0.15) is 11.3 Å². The molecule has 0 unspecified atom stereocenters. The van der Waals surface area contributed by atoms with Gasteiger partial charge in [0.25, 0.3) is 0 Å². The molecule has 1 aliphatic carbocycles. The largest absolute Gasteiger partial charge is 0.481 e. The Hall–Kier alpha value is -2.56. The molecule has 2 atom stereocenters. The number of alkyl halides is 3. The number of halogens is 3. The Morgan fingerprint density at radius 2 is 1.94 bits per heavy atom. The van der Waals surface area contributed by atoms with Crippen molar-refractivity contribution in [2.75, 3.05) is 13.7 Å². The Morgan fingerprint density at radius 1 is 1.29 bits per heavy atom. The van der Waals surface area contributed by atoms with E-state index in [4.69, 9.17) is 9.47 Å². The fourth-order valence-electron chi connectivity index (χ4n) is 4.46. The van der Waals surface area contributed by atoms with Crippen molar-refractivity contribution in [3.63, 3.8) is 0 Å². The number of nitrogens with zero attached hydrogens (tertiary/aromatic N) is 1. The molecule has 0 bridgehead atoms. The first-order valence-corrected chi connectivity index (χ1v) is 11.7. The molecule has 0 spiro atoms. The molecule has 0 aromatic carbocycles. The SMILES string of the molecule is COc1nc(C(F)(F)F)cc(CO)c1CCNC(=O)[C@@]1(C(C)C)CC[C@@H](NC(=O)OC(C)(C)C)C1. The van der Waals surface area contributed by atoms with E-state index in [0.717, 1.165) is 6.07 Å². The van der Waals surface area contributed by atoms with E-state index < -0.39 is 35.6 Å². The number of pyridine rings is 1. The van der Waals surface area contributed by atoms with Crippen LogP contribution >= 0.6 is 0 Å². The number of aliphatic hydroxyl groups excluding tert-OH is 1. The summed E-state index contributed by atoms with van der Waals surface area (Å²) in [5.41, 5.74) is -2.14. The third-order valence-electron chi connectivity index (χ3n) is 6.32. The Morgan fingerprint density at radius 3 is 2.46 bits per heavy atom. The maximum absolute atomic E-state index is 13.3. The Labute approximate surface area is 204 Å². The molecular formula is C24H36F3N3O5. The highest BCUT2D eigenvalue weighted by Gasteiger charge is 2.48. The van der Waals surface area contributed by atoms with Crippen LogP contribution in [-0.2, 0) is 28.7 Å². The summed E-state index contributed by atoms with van der Waals surface area (Å²) in [6, 6.07) is 0.581. The second-order valence-electron chi connectivity index (χ2n) is 10.2. The lowest BCUT2D eigenvalue weighted by atomic mass is 9.74. The third-order valence-corrected chi connectivity index (χ3v) is 6.32. The summed E-state index contributed by atoms with van der Waals surface area (Å²) in [4.78, 5) is 28.9. The molecule has 1 aromatic heterocycles. The van der Waals surface area contributed by atoms with E-state index >= 15 is 0 Å². The van der Waals surface area contributed by atoms with Gasteiger partial charge < -0.3 is 25.2 Å². The van der Waals surface area contributed by atoms with E-state index in [-0.39, 0.29) is 42.3 Å². The van der Waals surface area contributed by atoms with Crippen molar-refractivity contribution in [1.82, 2.24) is 15.6 Å². The summed E-state index contributed by atoms with van der Waals surface area (Å²) < 4.78 is 49.7. The number of alkyl carbamates (subject to hydrolysis) is 1. The normalized spacial score (nSPS) is 20.6. The molecule has 1 aliphatic rings. The predicted molar refractivity (Wildman–Crippen MR) is 123 cm³/mol. The molecule has 1 saturated carbocycles. The fraction of sp³-hybridized carbons (Fsp3) is 0.708. The molecule has 2 rings (SSSR count). The van der Waals surface area contributed by atoms with Crippen molar-refractivity contribution in [2.24, 2.45) is 11.3 Å². The van der Waals surface area contributed by atoms with Crippen molar-refractivity contribution >= 4 is 12.0 Å². The number of amides is 2. The fourth-order valence-corrected chi connectivity index (χ4v) is 4.46. The lowest BCUT2D eigenvalue weighted by Crippen LogP contribution is -2.45. The first kappa shape index (κ1) is 28.7. The average molecular weight is 504 g/mol. The molecule has 11 heteroatoms. The Kier molecular flexibility index (Phi) is 9.02. The molecule has 0 radical (unpaired) electrons. The zero-order valence-electron chi connectivity index (χ0n) is 21.1. The molecular weight excluding hydrogens is 467 g/mol. The minimum atomic E-state index is -4.68. The number of rotatable bonds is 8. The van der Waals surface area contributed by atoms with E-state index in [1.807, 2.05) is 13.8 Å². The number of ether oxygens (including phenoxy) is 2. The average Bonchev–Trinajstić information content (AvgIpc) is 3.16. The van der Waals surface area contributed by atoms with Gasteiger partial charge in [0, 0.05) is 18.2 Å². The van der Waals surface area contributed by atoms with Gasteiger partial charge >= 0.3 is 12.3 Å². The van der Waals surface area contributed by atoms with Crippen LogP contribution in [0.25, 0.3) is 0 Å². The lowest BCUT2D eigenvalue weighted by Gasteiger charge is -2.32. The van der Waals surface area contributed by atoms with Crippen molar-refractivity contribution in [3.8, 4) is 5.88 Å². The highest BCUT2D eigenvalue weighted by atomic mass is 19.4. The minimum absolute atomic E-state index is 0.0109. The Bertz CT molecular complexity index is 890. The van der Waals surface area contributed by atoms with Crippen LogP contribution in [0.5, 0.6) is 5.88 Å². The van der Waals surface area contributed by atoms with Crippen LogP contribution in [0, 0.1) is 11.3 Å². The molecule has 3 N–H and O–H groups in total. The van der Waals surface area contributed by atoms with E-state index in [2.05, 4.69) is 15.6 Å². The van der Waals surface area contributed by atoms with Crippen LogP contribution in [0.1, 0.15) is 70.7 Å². The molecule has 198 valence electrons. The van der Waals surface area contributed by atoms with Crippen molar-refractivity contribution in [3.05, 3.63) is 22.9 Å². The van der Waals surface area contributed by atoms with Crippen molar-refractivity contribution in [2.45, 2.75) is 84.7 Å². The van der Waals surface area contributed by atoms with Gasteiger partial charge in [-0.05, 0) is 64.0 Å². The first-order valence-electron chi connectivity index (χ1n) is 11.7. The monoisotopic (exact) mass is 503 g/mol. The summed E-state index contributed by atoms with van der Waals surface area (Å²) in [5.74, 6) is -0.437. The number of hydrogen-bond acceptors (Lipinski definition) is 6. The van der Waals surface area contributed by atoms with Gasteiger partial charge in [0.15, 0.2) is 0 Å². The molecule has 8 nitrogen and oxygen atoms in total. The summed E-state index contributed by atoms with van der Waals surface area (Å²) in [6.07, 6.45) is -3.44. The van der Waals surface area contributed by atoms with Crippen LogP contribution in [0.2, 0.25) is 0 Å². The number of methoxy groups -OCH3 is 1. The number of hydrogen-bond donors (Lipinski definition) is 3. The zero-order valence-corrected chi connectivity index (χ0v) is 21.1. The highest BCUT2D eigenvalue weighted by Crippen LogP contribution is 2.44. The van der Waals surface area contributed by atoms with Crippen LogP contribution < -0.4 is 15.4 Å².